The molecule has 2 rings (SSSR count). The minimum absolute atomic E-state index is 0.493. The van der Waals surface area contributed by atoms with Crippen molar-refractivity contribution in [3.63, 3.8) is 0 Å². The Hall–Kier alpha value is -1.16. The number of hydrogen-bond donors (Lipinski definition) is 1. The van der Waals surface area contributed by atoms with Crippen LogP contribution in [-0.4, -0.2) is 36.6 Å². The molecule has 0 saturated carbocycles. The van der Waals surface area contributed by atoms with E-state index in [4.69, 9.17) is 0 Å². The quantitative estimate of drug-likeness (QED) is 0.885. The fraction of sp³-hybridized carbons (Fsp3) is 0.733. The van der Waals surface area contributed by atoms with Crippen LogP contribution in [0.4, 0.5) is 5.95 Å². The van der Waals surface area contributed by atoms with Crippen LogP contribution in [0.3, 0.4) is 0 Å². The highest BCUT2D eigenvalue weighted by Gasteiger charge is 2.14. The van der Waals surface area contributed by atoms with Gasteiger partial charge < -0.3 is 10.2 Å². The van der Waals surface area contributed by atoms with Crippen molar-refractivity contribution in [2.75, 3.05) is 31.6 Å². The topological polar surface area (TPSA) is 41.1 Å². The van der Waals surface area contributed by atoms with E-state index < -0.39 is 0 Å². The van der Waals surface area contributed by atoms with Gasteiger partial charge in [0.05, 0.1) is 0 Å². The number of hydrogen-bond acceptors (Lipinski definition) is 4. The van der Waals surface area contributed by atoms with Crippen molar-refractivity contribution in [1.29, 1.82) is 0 Å². The van der Waals surface area contributed by atoms with Crippen molar-refractivity contribution in [2.24, 2.45) is 5.92 Å². The number of piperidine rings is 1. The van der Waals surface area contributed by atoms with Gasteiger partial charge in [-0.25, -0.2) is 9.97 Å². The summed E-state index contributed by atoms with van der Waals surface area (Å²) in [4.78, 5) is 11.1. The van der Waals surface area contributed by atoms with Crippen LogP contribution in [0.25, 0.3) is 0 Å². The van der Waals surface area contributed by atoms with Gasteiger partial charge >= 0.3 is 0 Å². The lowest BCUT2D eigenvalue weighted by molar-refractivity contribution is 0.360. The summed E-state index contributed by atoms with van der Waals surface area (Å²) in [5.41, 5.74) is 1.20. The predicted molar refractivity (Wildman–Crippen MR) is 79.6 cm³/mol. The first kappa shape index (κ1) is 14.3. The second-order valence-electron chi connectivity index (χ2n) is 5.89. The molecule has 1 unspecified atom stereocenters. The molecule has 1 aromatic heterocycles. The van der Waals surface area contributed by atoms with Gasteiger partial charge in [-0.15, -0.1) is 0 Å². The minimum Gasteiger partial charge on any atom is -0.344 e. The molecule has 0 aliphatic carbocycles. The molecule has 0 amide bonds. The van der Waals surface area contributed by atoms with Gasteiger partial charge in [-0.05, 0) is 49.8 Å². The smallest absolute Gasteiger partial charge is 0.224 e. The molecular weight excluding hydrogens is 236 g/mol. The van der Waals surface area contributed by atoms with Crippen molar-refractivity contribution in [2.45, 2.75) is 39.0 Å². The Kier molecular flexibility index (Phi) is 5.14. The molecule has 1 atom stereocenters. The van der Waals surface area contributed by atoms with Gasteiger partial charge in [-0.2, -0.15) is 0 Å². The van der Waals surface area contributed by atoms with E-state index in [2.05, 4.69) is 41.1 Å². The van der Waals surface area contributed by atoms with Gasteiger partial charge in [0.2, 0.25) is 5.95 Å². The zero-order valence-corrected chi connectivity index (χ0v) is 12.4. The summed E-state index contributed by atoms with van der Waals surface area (Å²) < 4.78 is 0. The Morgan fingerprint density at radius 2 is 2.11 bits per heavy atom. The Morgan fingerprint density at radius 3 is 2.68 bits per heavy atom. The number of anilines is 1. The lowest BCUT2D eigenvalue weighted by atomic mass is 9.96. The monoisotopic (exact) mass is 262 g/mol. The number of aromatic nitrogens is 2. The van der Waals surface area contributed by atoms with Gasteiger partial charge in [0.25, 0.3) is 0 Å². The third-order valence-corrected chi connectivity index (χ3v) is 3.94. The minimum atomic E-state index is 0.493. The van der Waals surface area contributed by atoms with Crippen molar-refractivity contribution < 1.29 is 0 Å². The molecule has 1 fully saturated rings. The maximum Gasteiger partial charge on any atom is 0.224 e. The summed E-state index contributed by atoms with van der Waals surface area (Å²) in [5.74, 6) is 2.15. The fourth-order valence-electron chi connectivity index (χ4n) is 2.47. The molecule has 2 heterocycles. The summed E-state index contributed by atoms with van der Waals surface area (Å²) >= 11 is 0. The first-order valence-electron chi connectivity index (χ1n) is 7.40. The summed E-state index contributed by atoms with van der Waals surface area (Å²) in [5, 5.41) is 3.47. The molecule has 19 heavy (non-hydrogen) atoms. The van der Waals surface area contributed by atoms with Crippen molar-refractivity contribution in [3.05, 3.63) is 18.0 Å². The Bertz CT molecular complexity index is 368. The van der Waals surface area contributed by atoms with Crippen molar-refractivity contribution in [3.8, 4) is 0 Å². The SMILES string of the molecule is CC(C)c1cnc(N(C)CCC2CCCNC2)nc1. The molecule has 0 radical (unpaired) electrons. The fourth-order valence-corrected chi connectivity index (χ4v) is 2.47. The highest BCUT2D eigenvalue weighted by Crippen LogP contribution is 2.17. The van der Waals surface area contributed by atoms with Crippen LogP contribution in [0.1, 0.15) is 44.6 Å². The van der Waals surface area contributed by atoms with Crippen LogP contribution in [0, 0.1) is 5.92 Å². The molecule has 0 bridgehead atoms. The number of rotatable bonds is 5. The Labute approximate surface area is 116 Å². The van der Waals surface area contributed by atoms with Crippen molar-refractivity contribution >= 4 is 5.95 Å². The van der Waals surface area contributed by atoms with Crippen LogP contribution in [-0.2, 0) is 0 Å². The normalized spacial score (nSPS) is 19.7. The van der Waals surface area contributed by atoms with E-state index >= 15 is 0 Å². The predicted octanol–water partition coefficient (Wildman–Crippen LogP) is 2.43. The highest BCUT2D eigenvalue weighted by molar-refractivity contribution is 5.28. The van der Waals surface area contributed by atoms with Crippen LogP contribution >= 0.6 is 0 Å². The molecule has 1 aromatic rings. The lowest BCUT2D eigenvalue weighted by Crippen LogP contribution is -2.32. The molecular formula is C15H26N4. The molecule has 0 aromatic carbocycles. The van der Waals surface area contributed by atoms with E-state index in [0.29, 0.717) is 5.92 Å². The maximum atomic E-state index is 4.46. The average Bonchev–Trinajstić information content (AvgIpc) is 2.46. The Balaban J connectivity index is 1.83. The van der Waals surface area contributed by atoms with E-state index in [1.807, 2.05) is 12.4 Å². The molecule has 106 valence electrons. The lowest BCUT2D eigenvalue weighted by Gasteiger charge is -2.25. The molecule has 4 heteroatoms. The van der Waals surface area contributed by atoms with Crippen LogP contribution < -0.4 is 10.2 Å². The van der Waals surface area contributed by atoms with E-state index in [0.717, 1.165) is 18.4 Å². The molecule has 1 saturated heterocycles. The van der Waals surface area contributed by atoms with E-state index in [1.54, 1.807) is 0 Å². The van der Waals surface area contributed by atoms with E-state index in [9.17, 15) is 0 Å². The first-order chi connectivity index (χ1) is 9.16. The number of nitrogens with one attached hydrogen (secondary N) is 1. The molecule has 0 spiro atoms. The third-order valence-electron chi connectivity index (χ3n) is 3.94. The third kappa shape index (κ3) is 4.16. The summed E-state index contributed by atoms with van der Waals surface area (Å²) in [6.45, 7) is 7.72. The molecule has 4 nitrogen and oxygen atoms in total. The average molecular weight is 262 g/mol. The van der Waals surface area contributed by atoms with Crippen LogP contribution in [0.15, 0.2) is 12.4 Å². The second-order valence-corrected chi connectivity index (χ2v) is 5.89. The Morgan fingerprint density at radius 1 is 1.37 bits per heavy atom. The van der Waals surface area contributed by atoms with Gasteiger partial charge in [-0.1, -0.05) is 13.8 Å². The zero-order valence-electron chi connectivity index (χ0n) is 12.4. The van der Waals surface area contributed by atoms with Crippen LogP contribution in [0.5, 0.6) is 0 Å². The van der Waals surface area contributed by atoms with Gasteiger partial charge in [0, 0.05) is 26.0 Å². The standard InChI is InChI=1S/C15H26N4/c1-12(2)14-10-17-15(18-11-14)19(3)8-6-13-5-4-7-16-9-13/h10-13,16H,4-9H2,1-3H3. The molecule has 1 N–H and O–H groups in total. The zero-order chi connectivity index (χ0) is 13.7. The van der Waals surface area contributed by atoms with Gasteiger partial charge in [0.15, 0.2) is 0 Å². The van der Waals surface area contributed by atoms with Gasteiger partial charge in [-0.3, -0.25) is 0 Å². The van der Waals surface area contributed by atoms with Gasteiger partial charge in [0.1, 0.15) is 0 Å². The first-order valence-corrected chi connectivity index (χ1v) is 7.40. The summed E-state index contributed by atoms with van der Waals surface area (Å²) in [6.07, 6.45) is 7.79. The molecule has 1 aliphatic heterocycles. The van der Waals surface area contributed by atoms with E-state index in [1.165, 1.54) is 37.9 Å². The number of nitrogens with zero attached hydrogens (tertiary/aromatic N) is 3. The highest BCUT2D eigenvalue weighted by atomic mass is 15.2. The van der Waals surface area contributed by atoms with E-state index in [-0.39, 0.29) is 0 Å². The van der Waals surface area contributed by atoms with Crippen LogP contribution in [0.2, 0.25) is 0 Å². The maximum absolute atomic E-state index is 4.46. The molecule has 1 aliphatic rings. The summed E-state index contributed by atoms with van der Waals surface area (Å²) in [6, 6.07) is 0. The largest absolute Gasteiger partial charge is 0.344 e. The van der Waals surface area contributed by atoms with Crippen molar-refractivity contribution in [1.82, 2.24) is 15.3 Å². The summed E-state index contributed by atoms with van der Waals surface area (Å²) in [7, 11) is 2.08. The second kappa shape index (κ2) is 6.85.